The summed E-state index contributed by atoms with van der Waals surface area (Å²) in [4.78, 5) is 2.46. The van der Waals surface area contributed by atoms with Crippen molar-refractivity contribution in [1.82, 2.24) is 15.5 Å². The first-order valence-electron chi connectivity index (χ1n) is 7.68. The Bertz CT molecular complexity index is 242. The van der Waals surface area contributed by atoms with E-state index in [4.69, 9.17) is 0 Å². The van der Waals surface area contributed by atoms with Crippen LogP contribution in [-0.2, 0) is 0 Å². The first kappa shape index (κ1) is 20.6. The minimum absolute atomic E-state index is 0.0182. The van der Waals surface area contributed by atoms with E-state index in [2.05, 4.69) is 82.3 Å². The highest BCUT2D eigenvalue weighted by molar-refractivity contribution is 7.82. The molecular formula is C15H35N3S2. The highest BCUT2D eigenvalue weighted by atomic mass is 32.1. The molecule has 0 saturated heterocycles. The lowest BCUT2D eigenvalue weighted by Crippen LogP contribution is -2.50. The van der Waals surface area contributed by atoms with E-state index < -0.39 is 0 Å². The van der Waals surface area contributed by atoms with Crippen molar-refractivity contribution in [3.63, 3.8) is 0 Å². The van der Waals surface area contributed by atoms with E-state index in [1.807, 2.05) is 0 Å². The SMILES string of the molecule is CCN(CC)CC(CNCC(C)(C)S)NCC(C)(C)S. The molecule has 0 rings (SSSR count). The van der Waals surface area contributed by atoms with Crippen molar-refractivity contribution >= 4 is 25.3 Å². The zero-order valence-electron chi connectivity index (χ0n) is 14.2. The van der Waals surface area contributed by atoms with Gasteiger partial charge in [-0.2, -0.15) is 25.3 Å². The molecular weight excluding hydrogens is 286 g/mol. The molecule has 0 heterocycles. The van der Waals surface area contributed by atoms with Gasteiger partial charge in [-0.25, -0.2) is 0 Å². The Kier molecular flexibility index (Phi) is 9.84. The molecule has 0 spiro atoms. The summed E-state index contributed by atoms with van der Waals surface area (Å²) in [6.07, 6.45) is 0. The number of likely N-dealkylation sites (N-methyl/N-ethyl adjacent to an activating group) is 1. The topological polar surface area (TPSA) is 27.3 Å². The zero-order valence-corrected chi connectivity index (χ0v) is 16.0. The molecule has 0 aliphatic carbocycles. The molecule has 0 saturated carbocycles. The van der Waals surface area contributed by atoms with E-state index in [-0.39, 0.29) is 9.49 Å². The van der Waals surface area contributed by atoms with Crippen LogP contribution >= 0.6 is 25.3 Å². The first-order valence-corrected chi connectivity index (χ1v) is 8.58. The second-order valence-electron chi connectivity index (χ2n) is 6.82. The standard InChI is InChI=1S/C15H35N3S2/c1-7-18(8-2)10-13(17-12-15(5,6)20)9-16-11-14(3,4)19/h13,16-17,19-20H,7-12H2,1-6H3. The van der Waals surface area contributed by atoms with Crippen LogP contribution in [-0.4, -0.2) is 59.7 Å². The predicted octanol–water partition coefficient (Wildman–Crippen LogP) is 2.29. The number of rotatable bonds is 11. The van der Waals surface area contributed by atoms with E-state index in [0.29, 0.717) is 6.04 Å². The Balaban J connectivity index is 4.31. The van der Waals surface area contributed by atoms with Gasteiger partial charge in [0, 0.05) is 41.7 Å². The average Bonchev–Trinajstić information content (AvgIpc) is 2.29. The maximum absolute atomic E-state index is 4.59. The summed E-state index contributed by atoms with van der Waals surface area (Å²) in [6, 6.07) is 0.442. The van der Waals surface area contributed by atoms with Crippen molar-refractivity contribution in [2.45, 2.75) is 57.1 Å². The molecule has 20 heavy (non-hydrogen) atoms. The van der Waals surface area contributed by atoms with Crippen LogP contribution < -0.4 is 10.6 Å². The summed E-state index contributed by atoms with van der Waals surface area (Å²) in [5.41, 5.74) is 0. The minimum atomic E-state index is 0.0182. The fourth-order valence-electron chi connectivity index (χ4n) is 1.94. The van der Waals surface area contributed by atoms with Crippen molar-refractivity contribution in [3.05, 3.63) is 0 Å². The summed E-state index contributed by atoms with van der Waals surface area (Å²) in [7, 11) is 0. The molecule has 0 aliphatic rings. The van der Waals surface area contributed by atoms with Crippen molar-refractivity contribution in [2.24, 2.45) is 0 Å². The molecule has 2 N–H and O–H groups in total. The van der Waals surface area contributed by atoms with Crippen LogP contribution in [0.2, 0.25) is 0 Å². The Morgan fingerprint density at radius 1 is 0.950 bits per heavy atom. The summed E-state index contributed by atoms with van der Waals surface area (Å²) in [5, 5.41) is 7.16. The average molecular weight is 322 g/mol. The molecule has 0 aromatic heterocycles. The number of nitrogens with zero attached hydrogens (tertiary/aromatic N) is 1. The van der Waals surface area contributed by atoms with E-state index >= 15 is 0 Å². The van der Waals surface area contributed by atoms with Gasteiger partial charge in [-0.05, 0) is 40.8 Å². The van der Waals surface area contributed by atoms with Gasteiger partial charge in [0.05, 0.1) is 0 Å². The molecule has 1 unspecified atom stereocenters. The molecule has 0 aromatic rings. The quantitative estimate of drug-likeness (QED) is 0.440. The summed E-state index contributed by atoms with van der Waals surface area (Å²) >= 11 is 9.15. The molecule has 0 fully saturated rings. The lowest BCUT2D eigenvalue weighted by molar-refractivity contribution is 0.257. The van der Waals surface area contributed by atoms with Crippen LogP contribution in [0.5, 0.6) is 0 Å². The summed E-state index contributed by atoms with van der Waals surface area (Å²) in [6.45, 7) is 19.0. The van der Waals surface area contributed by atoms with Gasteiger partial charge in [0.2, 0.25) is 0 Å². The third kappa shape index (κ3) is 12.3. The Labute approximate surface area is 137 Å². The lowest BCUT2D eigenvalue weighted by Gasteiger charge is -2.30. The van der Waals surface area contributed by atoms with Crippen LogP contribution in [0.1, 0.15) is 41.5 Å². The van der Waals surface area contributed by atoms with Crippen LogP contribution in [0.15, 0.2) is 0 Å². The Morgan fingerprint density at radius 3 is 1.85 bits per heavy atom. The molecule has 0 aliphatic heterocycles. The van der Waals surface area contributed by atoms with Crippen molar-refractivity contribution in [1.29, 1.82) is 0 Å². The number of nitrogens with one attached hydrogen (secondary N) is 2. The molecule has 0 amide bonds. The first-order chi connectivity index (χ1) is 9.07. The molecule has 0 radical (unpaired) electrons. The van der Waals surface area contributed by atoms with Gasteiger partial charge in [0.15, 0.2) is 0 Å². The van der Waals surface area contributed by atoms with Gasteiger partial charge in [0.25, 0.3) is 0 Å². The van der Waals surface area contributed by atoms with Crippen molar-refractivity contribution in [3.8, 4) is 0 Å². The highest BCUT2D eigenvalue weighted by Crippen LogP contribution is 2.11. The second-order valence-corrected chi connectivity index (χ2v) is 9.24. The maximum atomic E-state index is 4.59. The Hall–Kier alpha value is 0.580. The predicted molar refractivity (Wildman–Crippen MR) is 98.6 cm³/mol. The smallest absolute Gasteiger partial charge is 0.0320 e. The van der Waals surface area contributed by atoms with Gasteiger partial charge < -0.3 is 15.5 Å². The van der Waals surface area contributed by atoms with Gasteiger partial charge >= 0.3 is 0 Å². The minimum Gasteiger partial charge on any atom is -0.314 e. The largest absolute Gasteiger partial charge is 0.314 e. The lowest BCUT2D eigenvalue weighted by atomic mass is 10.1. The van der Waals surface area contributed by atoms with E-state index in [0.717, 1.165) is 39.3 Å². The van der Waals surface area contributed by atoms with Gasteiger partial charge in [0.1, 0.15) is 0 Å². The van der Waals surface area contributed by atoms with Gasteiger partial charge in [-0.1, -0.05) is 13.8 Å². The van der Waals surface area contributed by atoms with Gasteiger partial charge in [-0.15, -0.1) is 0 Å². The molecule has 0 bridgehead atoms. The zero-order chi connectivity index (χ0) is 15.8. The molecule has 1 atom stereocenters. The second kappa shape index (κ2) is 9.57. The molecule has 5 heteroatoms. The third-order valence-corrected chi connectivity index (χ3v) is 3.46. The van der Waals surface area contributed by atoms with Crippen LogP contribution in [0.25, 0.3) is 0 Å². The van der Waals surface area contributed by atoms with Gasteiger partial charge in [-0.3, -0.25) is 0 Å². The number of hydrogen-bond donors (Lipinski definition) is 4. The highest BCUT2D eigenvalue weighted by Gasteiger charge is 2.18. The molecule has 122 valence electrons. The third-order valence-electron chi connectivity index (χ3n) is 3.14. The normalized spacial score (nSPS) is 14.8. The molecule has 3 nitrogen and oxygen atoms in total. The fourth-order valence-corrected chi connectivity index (χ4v) is 2.14. The Morgan fingerprint density at radius 2 is 1.45 bits per heavy atom. The van der Waals surface area contributed by atoms with Crippen molar-refractivity contribution < 1.29 is 0 Å². The fraction of sp³-hybridized carbons (Fsp3) is 1.00. The summed E-state index contributed by atoms with van der Waals surface area (Å²) in [5.74, 6) is 0. The van der Waals surface area contributed by atoms with Crippen molar-refractivity contribution in [2.75, 3.05) is 39.3 Å². The monoisotopic (exact) mass is 321 g/mol. The molecule has 0 aromatic carbocycles. The number of thiol groups is 2. The summed E-state index contributed by atoms with van der Waals surface area (Å²) < 4.78 is 0.0485. The maximum Gasteiger partial charge on any atom is 0.0320 e. The van der Waals surface area contributed by atoms with E-state index in [1.165, 1.54) is 0 Å². The van der Waals surface area contributed by atoms with Crippen LogP contribution in [0.3, 0.4) is 0 Å². The van der Waals surface area contributed by atoms with E-state index in [1.54, 1.807) is 0 Å². The van der Waals surface area contributed by atoms with Crippen LogP contribution in [0, 0.1) is 0 Å². The number of hydrogen-bond acceptors (Lipinski definition) is 5. The van der Waals surface area contributed by atoms with E-state index in [9.17, 15) is 0 Å². The van der Waals surface area contributed by atoms with Crippen LogP contribution in [0.4, 0.5) is 0 Å².